The summed E-state index contributed by atoms with van der Waals surface area (Å²) < 4.78 is 11.8. The Hall–Kier alpha value is -2.90. The fourth-order valence-electron chi connectivity index (χ4n) is 3.78. The summed E-state index contributed by atoms with van der Waals surface area (Å²) in [7, 11) is 3.20. The monoisotopic (exact) mass is 467 g/mol. The number of methoxy groups -OCH3 is 2. The number of hydrogen-bond acceptors (Lipinski definition) is 6. The molecular weight excluding hydrogens is 434 g/mol. The number of benzene rings is 2. The van der Waals surface area contributed by atoms with Crippen LogP contribution in [0.25, 0.3) is 16.3 Å². The summed E-state index contributed by atoms with van der Waals surface area (Å²) in [5, 5.41) is 0.729. The minimum atomic E-state index is -0.0922. The minimum absolute atomic E-state index is 0.0922. The molecule has 0 saturated carbocycles. The zero-order valence-corrected chi connectivity index (χ0v) is 21.2. The van der Waals surface area contributed by atoms with Crippen LogP contribution >= 0.6 is 11.3 Å². The van der Waals surface area contributed by atoms with E-state index in [0.717, 1.165) is 40.5 Å². The second-order valence-corrected chi connectivity index (χ2v) is 8.87. The van der Waals surface area contributed by atoms with Crippen molar-refractivity contribution in [2.75, 3.05) is 45.3 Å². The van der Waals surface area contributed by atoms with Gasteiger partial charge in [0.15, 0.2) is 16.6 Å². The first-order valence-electron chi connectivity index (χ1n) is 11.2. The van der Waals surface area contributed by atoms with Gasteiger partial charge in [-0.1, -0.05) is 37.3 Å². The van der Waals surface area contributed by atoms with Crippen molar-refractivity contribution in [3.8, 4) is 11.5 Å². The van der Waals surface area contributed by atoms with Crippen LogP contribution in [-0.4, -0.2) is 56.2 Å². The van der Waals surface area contributed by atoms with Gasteiger partial charge in [0, 0.05) is 19.2 Å². The van der Waals surface area contributed by atoms with Crippen molar-refractivity contribution in [3.63, 3.8) is 0 Å². The van der Waals surface area contributed by atoms with Crippen molar-refractivity contribution < 1.29 is 14.3 Å². The van der Waals surface area contributed by atoms with Gasteiger partial charge < -0.3 is 14.4 Å². The third-order valence-electron chi connectivity index (χ3n) is 5.67. The number of fused-ring (bicyclic) bond motifs is 1. The molecule has 176 valence electrons. The van der Waals surface area contributed by atoms with Crippen molar-refractivity contribution in [1.82, 2.24) is 9.88 Å². The topological polar surface area (TPSA) is 54.9 Å². The van der Waals surface area contributed by atoms with Crippen molar-refractivity contribution in [2.24, 2.45) is 0 Å². The summed E-state index contributed by atoms with van der Waals surface area (Å²) in [6.07, 6.45) is 3.41. The number of carbonyl (C=O) groups is 1. The standard InChI is InChI=1S/C26H33N3O3S/c1-7-28(8-2)13-14-29(26-27-21-16-18(3)15-19(4)25(21)33-26)24(30)12-10-20-9-11-22(31-5)23(17-20)32-6/h9-12,15-17H,7-8,13-14H2,1-6H3/b12-10+. The lowest BCUT2D eigenvalue weighted by molar-refractivity contribution is -0.114. The van der Waals surface area contributed by atoms with Crippen LogP contribution in [0.15, 0.2) is 36.4 Å². The van der Waals surface area contributed by atoms with Crippen LogP contribution in [0.4, 0.5) is 5.13 Å². The quantitative estimate of drug-likeness (QED) is 0.378. The Kier molecular flexibility index (Phi) is 8.47. The fraction of sp³-hybridized carbons (Fsp3) is 0.385. The minimum Gasteiger partial charge on any atom is -0.493 e. The highest BCUT2D eigenvalue weighted by atomic mass is 32.1. The molecule has 0 fully saturated rings. The molecule has 0 radical (unpaired) electrons. The van der Waals surface area contributed by atoms with Crippen molar-refractivity contribution in [2.45, 2.75) is 27.7 Å². The van der Waals surface area contributed by atoms with Gasteiger partial charge in [0.2, 0.25) is 0 Å². The number of aryl methyl sites for hydroxylation is 2. The Labute approximate surface area is 200 Å². The number of likely N-dealkylation sites (N-methyl/N-ethyl adjacent to an activating group) is 1. The van der Waals surface area contributed by atoms with Gasteiger partial charge in [-0.15, -0.1) is 0 Å². The summed E-state index contributed by atoms with van der Waals surface area (Å²) >= 11 is 1.57. The van der Waals surface area contributed by atoms with Gasteiger partial charge in [-0.2, -0.15) is 0 Å². The lowest BCUT2D eigenvalue weighted by Gasteiger charge is -2.23. The molecule has 7 heteroatoms. The second-order valence-electron chi connectivity index (χ2n) is 7.89. The number of amides is 1. The van der Waals surface area contributed by atoms with Crippen LogP contribution in [0, 0.1) is 13.8 Å². The number of nitrogens with zero attached hydrogens (tertiary/aromatic N) is 3. The van der Waals surface area contributed by atoms with E-state index in [9.17, 15) is 4.79 Å². The molecule has 6 nitrogen and oxygen atoms in total. The van der Waals surface area contributed by atoms with Gasteiger partial charge in [-0.3, -0.25) is 9.69 Å². The number of carbonyl (C=O) groups excluding carboxylic acids is 1. The highest BCUT2D eigenvalue weighted by Crippen LogP contribution is 2.32. The van der Waals surface area contributed by atoms with Gasteiger partial charge in [0.05, 0.1) is 24.4 Å². The lowest BCUT2D eigenvalue weighted by Crippen LogP contribution is -2.38. The van der Waals surface area contributed by atoms with E-state index in [2.05, 4.69) is 44.7 Å². The van der Waals surface area contributed by atoms with Crippen LogP contribution in [0.3, 0.4) is 0 Å². The molecule has 0 saturated heterocycles. The first-order valence-corrected chi connectivity index (χ1v) is 12.0. The normalized spacial score (nSPS) is 11.5. The predicted octanol–water partition coefficient (Wildman–Crippen LogP) is 5.32. The molecule has 33 heavy (non-hydrogen) atoms. The summed E-state index contributed by atoms with van der Waals surface area (Å²) in [6, 6.07) is 9.82. The Morgan fingerprint density at radius 2 is 1.76 bits per heavy atom. The first kappa shape index (κ1) is 24.7. The van der Waals surface area contributed by atoms with Crippen LogP contribution in [0.2, 0.25) is 0 Å². The van der Waals surface area contributed by atoms with E-state index in [4.69, 9.17) is 14.5 Å². The molecular formula is C26H33N3O3S. The molecule has 1 amide bonds. The smallest absolute Gasteiger partial charge is 0.252 e. The molecule has 1 heterocycles. The Morgan fingerprint density at radius 3 is 2.42 bits per heavy atom. The van der Waals surface area contributed by atoms with Crippen LogP contribution in [-0.2, 0) is 4.79 Å². The summed E-state index contributed by atoms with van der Waals surface area (Å²) in [5.74, 6) is 1.19. The molecule has 0 aliphatic carbocycles. The molecule has 0 atom stereocenters. The van der Waals surface area contributed by atoms with E-state index in [0.29, 0.717) is 18.0 Å². The van der Waals surface area contributed by atoms with Crippen molar-refractivity contribution in [1.29, 1.82) is 0 Å². The largest absolute Gasteiger partial charge is 0.493 e. The number of thiazole rings is 1. The average Bonchev–Trinajstić information content (AvgIpc) is 3.24. The summed E-state index contributed by atoms with van der Waals surface area (Å²) in [5.41, 5.74) is 4.16. The van der Waals surface area contributed by atoms with Crippen molar-refractivity contribution in [3.05, 3.63) is 53.1 Å². The zero-order chi connectivity index (χ0) is 24.0. The Balaban J connectivity index is 1.91. The molecule has 2 aromatic carbocycles. The Bertz CT molecular complexity index is 1140. The van der Waals surface area contributed by atoms with E-state index in [1.807, 2.05) is 18.2 Å². The van der Waals surface area contributed by atoms with Gasteiger partial charge >= 0.3 is 0 Å². The van der Waals surface area contributed by atoms with Gasteiger partial charge in [-0.25, -0.2) is 4.98 Å². The summed E-state index contributed by atoms with van der Waals surface area (Å²) in [6.45, 7) is 11.7. The average molecular weight is 468 g/mol. The molecule has 3 aromatic rings. The van der Waals surface area contributed by atoms with E-state index < -0.39 is 0 Å². The van der Waals surface area contributed by atoms with Crippen LogP contribution in [0.5, 0.6) is 11.5 Å². The predicted molar refractivity (Wildman–Crippen MR) is 138 cm³/mol. The number of rotatable bonds is 10. The van der Waals surface area contributed by atoms with E-state index in [1.165, 1.54) is 11.1 Å². The molecule has 0 unspecified atom stereocenters. The maximum Gasteiger partial charge on any atom is 0.252 e. The number of anilines is 1. The number of ether oxygens (including phenoxy) is 2. The fourth-order valence-corrected chi connectivity index (χ4v) is 4.82. The van der Waals surface area contributed by atoms with E-state index >= 15 is 0 Å². The highest BCUT2D eigenvalue weighted by Gasteiger charge is 2.19. The van der Waals surface area contributed by atoms with Crippen LogP contribution in [0.1, 0.15) is 30.5 Å². The van der Waals surface area contributed by atoms with Crippen LogP contribution < -0.4 is 14.4 Å². The van der Waals surface area contributed by atoms with Gasteiger partial charge in [0.25, 0.3) is 5.91 Å². The third kappa shape index (κ3) is 5.92. The molecule has 1 aromatic heterocycles. The molecule has 0 N–H and O–H groups in total. The third-order valence-corrected chi connectivity index (χ3v) is 6.90. The second kappa shape index (κ2) is 11.3. The maximum absolute atomic E-state index is 13.3. The number of hydrogen-bond donors (Lipinski definition) is 0. The molecule has 0 bridgehead atoms. The van der Waals surface area contributed by atoms with Gasteiger partial charge in [0.1, 0.15) is 0 Å². The Morgan fingerprint density at radius 1 is 1.03 bits per heavy atom. The van der Waals surface area contributed by atoms with E-state index in [-0.39, 0.29) is 5.91 Å². The molecule has 0 aliphatic rings. The first-order chi connectivity index (χ1) is 15.9. The van der Waals surface area contributed by atoms with E-state index in [1.54, 1.807) is 42.6 Å². The zero-order valence-electron chi connectivity index (χ0n) is 20.3. The molecule has 0 spiro atoms. The highest BCUT2D eigenvalue weighted by molar-refractivity contribution is 7.22. The summed E-state index contributed by atoms with van der Waals surface area (Å²) in [4.78, 5) is 22.3. The van der Waals surface area contributed by atoms with Crippen molar-refractivity contribution >= 4 is 38.7 Å². The number of aromatic nitrogens is 1. The molecule has 3 rings (SSSR count). The SMILES string of the molecule is CCN(CC)CCN(C(=O)/C=C/c1ccc(OC)c(OC)c1)c1nc2cc(C)cc(C)c2s1. The lowest BCUT2D eigenvalue weighted by atomic mass is 10.1. The molecule has 0 aliphatic heterocycles. The maximum atomic E-state index is 13.3. The van der Waals surface area contributed by atoms with Gasteiger partial charge in [-0.05, 0) is 67.9 Å².